The third-order valence-corrected chi connectivity index (χ3v) is 3.59. The van der Waals surface area contributed by atoms with Crippen molar-refractivity contribution in [2.75, 3.05) is 18.6 Å². The van der Waals surface area contributed by atoms with Crippen LogP contribution in [0, 0.1) is 0 Å². The van der Waals surface area contributed by atoms with Crippen LogP contribution in [-0.2, 0) is 10.2 Å². The van der Waals surface area contributed by atoms with Crippen molar-refractivity contribution in [2.45, 2.75) is 25.0 Å². The van der Waals surface area contributed by atoms with Crippen LogP contribution in [0.1, 0.15) is 18.9 Å². The molecular formula is C11H14N2O. The van der Waals surface area contributed by atoms with Gasteiger partial charge in [-0.15, -0.1) is 0 Å². The Hall–Kier alpha value is -1.09. The second-order valence-electron chi connectivity index (χ2n) is 4.39. The molecule has 3 nitrogen and oxygen atoms in total. The molecular weight excluding hydrogens is 176 g/mol. The fourth-order valence-corrected chi connectivity index (χ4v) is 2.77. The van der Waals surface area contributed by atoms with E-state index in [-0.39, 0.29) is 11.6 Å². The smallest absolute Gasteiger partial charge is 0.139 e. The molecule has 1 aromatic rings. The van der Waals surface area contributed by atoms with Crippen LogP contribution in [0.3, 0.4) is 0 Å². The normalized spacial score (nSPS) is 34.4. The van der Waals surface area contributed by atoms with Gasteiger partial charge in [-0.3, -0.25) is 4.98 Å². The first-order valence-electron chi connectivity index (χ1n) is 5.02. The van der Waals surface area contributed by atoms with Crippen LogP contribution in [0.15, 0.2) is 18.5 Å². The van der Waals surface area contributed by atoms with E-state index < -0.39 is 0 Å². The topological polar surface area (TPSA) is 25.4 Å². The fraction of sp³-hybridized carbons (Fsp3) is 0.545. The maximum atomic E-state index is 5.77. The van der Waals surface area contributed by atoms with E-state index in [1.165, 1.54) is 11.3 Å². The van der Waals surface area contributed by atoms with Crippen LogP contribution in [0.5, 0.6) is 0 Å². The average molecular weight is 190 g/mol. The highest BCUT2D eigenvalue weighted by Gasteiger charge is 2.50. The van der Waals surface area contributed by atoms with E-state index in [0.717, 1.165) is 13.0 Å². The van der Waals surface area contributed by atoms with E-state index in [4.69, 9.17) is 4.74 Å². The highest BCUT2D eigenvalue weighted by molar-refractivity contribution is 5.62. The minimum atomic E-state index is 0.174. The number of ether oxygens (including phenoxy) is 1. The lowest BCUT2D eigenvalue weighted by atomic mass is 9.82. The molecule has 0 bridgehead atoms. The van der Waals surface area contributed by atoms with Crippen LogP contribution >= 0.6 is 0 Å². The summed E-state index contributed by atoms with van der Waals surface area (Å²) in [6.07, 6.45) is 5.13. The lowest BCUT2D eigenvalue weighted by Crippen LogP contribution is -2.37. The SMILES string of the molecule is CN1c2cnccc2C2(C)CCOC12. The number of nitrogens with zero attached hydrogens (tertiary/aromatic N) is 2. The minimum absolute atomic E-state index is 0.174. The Morgan fingerprint density at radius 3 is 3.36 bits per heavy atom. The van der Waals surface area contributed by atoms with Gasteiger partial charge in [0.05, 0.1) is 18.5 Å². The molecule has 2 aliphatic heterocycles. The van der Waals surface area contributed by atoms with E-state index in [1.54, 1.807) is 0 Å². The summed E-state index contributed by atoms with van der Waals surface area (Å²) in [6.45, 7) is 3.15. The summed E-state index contributed by atoms with van der Waals surface area (Å²) in [5, 5.41) is 0. The van der Waals surface area contributed by atoms with Crippen molar-refractivity contribution in [1.29, 1.82) is 0 Å². The molecule has 0 aromatic carbocycles. The molecule has 0 spiro atoms. The molecule has 14 heavy (non-hydrogen) atoms. The average Bonchev–Trinajstić information content (AvgIpc) is 2.67. The summed E-state index contributed by atoms with van der Waals surface area (Å²) < 4.78 is 5.77. The number of hydrogen-bond acceptors (Lipinski definition) is 3. The zero-order chi connectivity index (χ0) is 9.76. The van der Waals surface area contributed by atoms with Crippen LogP contribution in [-0.4, -0.2) is 24.9 Å². The first kappa shape index (κ1) is 8.24. The molecule has 0 N–H and O–H groups in total. The highest BCUT2D eigenvalue weighted by atomic mass is 16.5. The van der Waals surface area contributed by atoms with E-state index in [0.29, 0.717) is 0 Å². The Kier molecular flexibility index (Phi) is 1.46. The van der Waals surface area contributed by atoms with Crippen molar-refractivity contribution in [1.82, 2.24) is 4.98 Å². The number of pyridine rings is 1. The van der Waals surface area contributed by atoms with Gasteiger partial charge in [0.25, 0.3) is 0 Å². The van der Waals surface area contributed by atoms with Crippen LogP contribution < -0.4 is 4.90 Å². The Balaban J connectivity index is 2.21. The van der Waals surface area contributed by atoms with Gasteiger partial charge in [0, 0.05) is 18.7 Å². The summed E-state index contributed by atoms with van der Waals surface area (Å²) >= 11 is 0. The van der Waals surface area contributed by atoms with Gasteiger partial charge < -0.3 is 9.64 Å². The maximum absolute atomic E-state index is 5.77. The first-order valence-corrected chi connectivity index (χ1v) is 5.02. The predicted octanol–water partition coefficient (Wildman–Crippen LogP) is 1.54. The van der Waals surface area contributed by atoms with Gasteiger partial charge in [0.15, 0.2) is 0 Å². The standard InChI is InChI=1S/C11H14N2O/c1-11-4-6-14-10(11)13(2)9-7-12-5-3-8(9)11/h3,5,7,10H,4,6H2,1-2H3. The van der Waals surface area contributed by atoms with Crippen LogP contribution in [0.2, 0.25) is 0 Å². The quantitative estimate of drug-likeness (QED) is 0.620. The molecule has 2 aliphatic rings. The van der Waals surface area contributed by atoms with Gasteiger partial charge in [-0.05, 0) is 18.1 Å². The molecule has 3 rings (SSSR count). The lowest BCUT2D eigenvalue weighted by molar-refractivity contribution is 0.0920. The summed E-state index contributed by atoms with van der Waals surface area (Å²) in [6, 6.07) is 2.13. The Morgan fingerprint density at radius 2 is 2.50 bits per heavy atom. The van der Waals surface area contributed by atoms with Gasteiger partial charge in [-0.1, -0.05) is 6.92 Å². The molecule has 3 heteroatoms. The van der Waals surface area contributed by atoms with Crippen molar-refractivity contribution < 1.29 is 4.74 Å². The lowest BCUT2D eigenvalue weighted by Gasteiger charge is -2.26. The largest absolute Gasteiger partial charge is 0.357 e. The molecule has 0 radical (unpaired) electrons. The van der Waals surface area contributed by atoms with Gasteiger partial charge in [-0.25, -0.2) is 0 Å². The first-order chi connectivity index (χ1) is 6.73. The molecule has 2 atom stereocenters. The molecule has 0 saturated carbocycles. The van der Waals surface area contributed by atoms with E-state index in [1.807, 2.05) is 12.4 Å². The van der Waals surface area contributed by atoms with E-state index >= 15 is 0 Å². The summed E-state index contributed by atoms with van der Waals surface area (Å²) in [5.74, 6) is 0. The number of hydrogen-bond donors (Lipinski definition) is 0. The second kappa shape index (κ2) is 2.48. The third-order valence-electron chi connectivity index (χ3n) is 3.59. The van der Waals surface area contributed by atoms with Gasteiger partial charge in [0.2, 0.25) is 0 Å². The minimum Gasteiger partial charge on any atom is -0.357 e. The monoisotopic (exact) mass is 190 g/mol. The van der Waals surface area contributed by atoms with Crippen molar-refractivity contribution in [3.05, 3.63) is 24.0 Å². The molecule has 0 aliphatic carbocycles. The van der Waals surface area contributed by atoms with Crippen molar-refractivity contribution >= 4 is 5.69 Å². The molecule has 1 saturated heterocycles. The number of fused-ring (bicyclic) bond motifs is 3. The molecule has 2 unspecified atom stereocenters. The number of rotatable bonds is 0. The molecule has 3 heterocycles. The Morgan fingerprint density at radius 1 is 1.64 bits per heavy atom. The molecule has 1 fully saturated rings. The Labute approximate surface area is 83.7 Å². The molecule has 0 amide bonds. The molecule has 1 aromatic heterocycles. The zero-order valence-corrected chi connectivity index (χ0v) is 8.53. The van der Waals surface area contributed by atoms with E-state index in [2.05, 4.69) is 29.9 Å². The van der Waals surface area contributed by atoms with Crippen LogP contribution in [0.4, 0.5) is 5.69 Å². The van der Waals surface area contributed by atoms with Crippen molar-refractivity contribution in [3.8, 4) is 0 Å². The highest BCUT2D eigenvalue weighted by Crippen LogP contribution is 2.49. The fourth-order valence-electron chi connectivity index (χ4n) is 2.77. The van der Waals surface area contributed by atoms with Gasteiger partial charge in [-0.2, -0.15) is 0 Å². The maximum Gasteiger partial charge on any atom is 0.139 e. The Bertz CT molecular complexity index is 379. The summed E-state index contributed by atoms with van der Waals surface area (Å²) in [4.78, 5) is 6.37. The number of aromatic nitrogens is 1. The third kappa shape index (κ3) is 0.786. The second-order valence-corrected chi connectivity index (χ2v) is 4.39. The van der Waals surface area contributed by atoms with E-state index in [9.17, 15) is 0 Å². The van der Waals surface area contributed by atoms with Gasteiger partial charge in [0.1, 0.15) is 6.23 Å². The summed E-state index contributed by atoms with van der Waals surface area (Å²) in [7, 11) is 2.09. The zero-order valence-electron chi connectivity index (χ0n) is 8.53. The van der Waals surface area contributed by atoms with Crippen molar-refractivity contribution in [2.24, 2.45) is 0 Å². The molecule has 74 valence electrons. The van der Waals surface area contributed by atoms with Crippen LogP contribution in [0.25, 0.3) is 0 Å². The van der Waals surface area contributed by atoms with Gasteiger partial charge >= 0.3 is 0 Å². The summed E-state index contributed by atoms with van der Waals surface area (Å²) in [5.41, 5.74) is 2.78. The van der Waals surface area contributed by atoms with Crippen molar-refractivity contribution in [3.63, 3.8) is 0 Å². The number of likely N-dealkylation sites (N-methyl/N-ethyl adjacent to an activating group) is 1. The predicted molar refractivity (Wildman–Crippen MR) is 54.3 cm³/mol. The number of anilines is 1.